The SMILES string of the molecule is FC(F)(F)CN1C=CN=Cc2ccccc21. The number of halogens is 3. The molecule has 0 spiro atoms. The van der Waals surface area contributed by atoms with Crippen molar-refractivity contribution in [2.45, 2.75) is 6.18 Å². The molecule has 0 saturated carbocycles. The van der Waals surface area contributed by atoms with E-state index in [1.165, 1.54) is 12.4 Å². The van der Waals surface area contributed by atoms with Crippen LogP contribution in [0.4, 0.5) is 18.9 Å². The van der Waals surface area contributed by atoms with E-state index in [1.807, 2.05) is 0 Å². The summed E-state index contributed by atoms with van der Waals surface area (Å²) >= 11 is 0. The molecule has 0 N–H and O–H groups in total. The summed E-state index contributed by atoms with van der Waals surface area (Å²) < 4.78 is 37.1. The van der Waals surface area contributed by atoms with E-state index in [9.17, 15) is 13.2 Å². The molecule has 1 heterocycles. The Balaban J connectivity index is 2.35. The highest BCUT2D eigenvalue weighted by Crippen LogP contribution is 2.25. The predicted octanol–water partition coefficient (Wildman–Crippen LogP) is 2.96. The van der Waals surface area contributed by atoms with Gasteiger partial charge in [0, 0.05) is 29.9 Å². The van der Waals surface area contributed by atoms with Crippen molar-refractivity contribution in [1.29, 1.82) is 0 Å². The zero-order valence-electron chi connectivity index (χ0n) is 8.28. The minimum Gasteiger partial charge on any atom is -0.337 e. The largest absolute Gasteiger partial charge is 0.406 e. The van der Waals surface area contributed by atoms with E-state index in [4.69, 9.17) is 0 Å². The molecule has 5 heteroatoms. The molecule has 0 amide bonds. The van der Waals surface area contributed by atoms with Crippen molar-refractivity contribution in [1.82, 2.24) is 0 Å². The second kappa shape index (κ2) is 4.00. The fourth-order valence-electron chi connectivity index (χ4n) is 1.51. The van der Waals surface area contributed by atoms with Gasteiger partial charge in [-0.3, -0.25) is 4.99 Å². The Hall–Kier alpha value is -1.78. The lowest BCUT2D eigenvalue weighted by atomic mass is 10.2. The number of rotatable bonds is 1. The van der Waals surface area contributed by atoms with Gasteiger partial charge in [-0.05, 0) is 6.07 Å². The van der Waals surface area contributed by atoms with Crippen LogP contribution in [-0.2, 0) is 0 Å². The molecular formula is C11H9F3N2. The highest BCUT2D eigenvalue weighted by Gasteiger charge is 2.31. The number of anilines is 1. The number of para-hydroxylation sites is 1. The topological polar surface area (TPSA) is 15.6 Å². The molecule has 1 aliphatic rings. The van der Waals surface area contributed by atoms with Gasteiger partial charge in [0.05, 0.1) is 0 Å². The lowest BCUT2D eigenvalue weighted by molar-refractivity contribution is -0.118. The van der Waals surface area contributed by atoms with Crippen molar-refractivity contribution in [3.05, 3.63) is 42.2 Å². The molecule has 16 heavy (non-hydrogen) atoms. The monoisotopic (exact) mass is 226 g/mol. The maximum absolute atomic E-state index is 12.4. The van der Waals surface area contributed by atoms with Gasteiger partial charge >= 0.3 is 6.18 Å². The Morgan fingerprint density at radius 3 is 2.69 bits per heavy atom. The lowest BCUT2D eigenvalue weighted by Crippen LogP contribution is -2.30. The Labute approximate surface area is 90.7 Å². The number of hydrogen-bond acceptors (Lipinski definition) is 2. The Kier molecular flexibility index (Phi) is 2.68. The van der Waals surface area contributed by atoms with Crippen LogP contribution in [0.3, 0.4) is 0 Å². The van der Waals surface area contributed by atoms with Crippen LogP contribution in [0.25, 0.3) is 0 Å². The van der Waals surface area contributed by atoms with Crippen molar-refractivity contribution in [2.24, 2.45) is 4.99 Å². The highest BCUT2D eigenvalue weighted by molar-refractivity contribution is 5.89. The molecule has 0 atom stereocenters. The maximum atomic E-state index is 12.4. The Morgan fingerprint density at radius 1 is 1.19 bits per heavy atom. The molecule has 0 bridgehead atoms. The summed E-state index contributed by atoms with van der Waals surface area (Å²) in [7, 11) is 0. The quantitative estimate of drug-likeness (QED) is 0.718. The zero-order valence-corrected chi connectivity index (χ0v) is 8.28. The summed E-state index contributed by atoms with van der Waals surface area (Å²) in [5.41, 5.74) is 1.19. The molecule has 84 valence electrons. The van der Waals surface area contributed by atoms with Crippen molar-refractivity contribution in [3.63, 3.8) is 0 Å². The van der Waals surface area contributed by atoms with Crippen LogP contribution in [-0.4, -0.2) is 18.9 Å². The van der Waals surface area contributed by atoms with E-state index < -0.39 is 12.7 Å². The second-order valence-electron chi connectivity index (χ2n) is 3.38. The van der Waals surface area contributed by atoms with Gasteiger partial charge in [0.2, 0.25) is 0 Å². The second-order valence-corrected chi connectivity index (χ2v) is 3.38. The summed E-state index contributed by atoms with van der Waals surface area (Å²) in [6.07, 6.45) is -0.00837. The van der Waals surface area contributed by atoms with Crippen LogP contribution in [0.2, 0.25) is 0 Å². The minimum absolute atomic E-state index is 0.511. The molecule has 1 aromatic rings. The Morgan fingerprint density at radius 2 is 1.94 bits per heavy atom. The number of fused-ring (bicyclic) bond motifs is 1. The van der Waals surface area contributed by atoms with Gasteiger partial charge in [-0.1, -0.05) is 18.2 Å². The van der Waals surface area contributed by atoms with Crippen LogP contribution in [0.5, 0.6) is 0 Å². The van der Waals surface area contributed by atoms with Gasteiger partial charge < -0.3 is 4.90 Å². The minimum atomic E-state index is -4.23. The van der Waals surface area contributed by atoms with Gasteiger partial charge in [0.25, 0.3) is 0 Å². The van der Waals surface area contributed by atoms with E-state index in [-0.39, 0.29) is 0 Å². The number of hydrogen-bond donors (Lipinski definition) is 0. The van der Waals surface area contributed by atoms with Crippen LogP contribution >= 0.6 is 0 Å². The number of alkyl halides is 3. The first-order chi connectivity index (χ1) is 7.56. The molecule has 0 aromatic heterocycles. The first-order valence-electron chi connectivity index (χ1n) is 4.68. The van der Waals surface area contributed by atoms with Crippen molar-refractivity contribution in [3.8, 4) is 0 Å². The van der Waals surface area contributed by atoms with E-state index in [0.29, 0.717) is 11.3 Å². The predicted molar refractivity (Wildman–Crippen MR) is 56.6 cm³/mol. The fourth-order valence-corrected chi connectivity index (χ4v) is 1.51. The number of nitrogens with zero attached hydrogens (tertiary/aromatic N) is 2. The maximum Gasteiger partial charge on any atom is 0.406 e. The Bertz CT molecular complexity index is 435. The van der Waals surface area contributed by atoms with E-state index >= 15 is 0 Å². The van der Waals surface area contributed by atoms with Crippen molar-refractivity contribution >= 4 is 11.9 Å². The third-order valence-electron chi connectivity index (χ3n) is 2.14. The van der Waals surface area contributed by atoms with E-state index in [0.717, 1.165) is 4.90 Å². The third-order valence-corrected chi connectivity index (χ3v) is 2.14. The number of benzene rings is 1. The summed E-state index contributed by atoms with van der Waals surface area (Å²) in [5, 5.41) is 0. The van der Waals surface area contributed by atoms with Crippen LogP contribution < -0.4 is 4.90 Å². The van der Waals surface area contributed by atoms with Crippen molar-refractivity contribution in [2.75, 3.05) is 11.4 Å². The molecule has 0 fully saturated rings. The van der Waals surface area contributed by atoms with Gasteiger partial charge in [-0.2, -0.15) is 13.2 Å². The van der Waals surface area contributed by atoms with E-state index in [1.54, 1.807) is 30.5 Å². The molecule has 2 rings (SSSR count). The van der Waals surface area contributed by atoms with Crippen LogP contribution in [0.15, 0.2) is 41.7 Å². The summed E-state index contributed by atoms with van der Waals surface area (Å²) in [6.45, 7) is -1.01. The average molecular weight is 226 g/mol. The van der Waals surface area contributed by atoms with Gasteiger partial charge in [0.1, 0.15) is 6.54 Å². The van der Waals surface area contributed by atoms with Crippen LogP contribution in [0.1, 0.15) is 5.56 Å². The standard InChI is InChI=1S/C11H9F3N2/c12-11(13,14)8-16-6-5-15-7-9-3-1-2-4-10(9)16/h1-7H,8H2. The van der Waals surface area contributed by atoms with Gasteiger partial charge in [-0.25, -0.2) is 0 Å². The first-order valence-corrected chi connectivity index (χ1v) is 4.68. The molecule has 2 nitrogen and oxygen atoms in total. The molecular weight excluding hydrogens is 217 g/mol. The molecule has 0 radical (unpaired) electrons. The number of aliphatic imine (C=N–C) groups is 1. The molecule has 0 aliphatic carbocycles. The zero-order chi connectivity index (χ0) is 11.6. The van der Waals surface area contributed by atoms with Crippen molar-refractivity contribution < 1.29 is 13.2 Å². The lowest BCUT2D eigenvalue weighted by Gasteiger charge is -2.22. The molecule has 1 aromatic carbocycles. The average Bonchev–Trinajstić information content (AvgIpc) is 2.39. The first kappa shape index (κ1) is 10.7. The molecule has 1 aliphatic heterocycles. The van der Waals surface area contributed by atoms with Gasteiger partial charge in [-0.15, -0.1) is 0 Å². The summed E-state index contributed by atoms with van der Waals surface area (Å²) in [6, 6.07) is 6.84. The molecule has 0 saturated heterocycles. The van der Waals surface area contributed by atoms with E-state index in [2.05, 4.69) is 4.99 Å². The summed E-state index contributed by atoms with van der Waals surface area (Å²) in [4.78, 5) is 5.02. The fraction of sp³-hybridized carbons (Fsp3) is 0.182. The van der Waals surface area contributed by atoms with Gasteiger partial charge in [0.15, 0.2) is 0 Å². The normalized spacial score (nSPS) is 14.8. The molecule has 0 unspecified atom stereocenters. The highest BCUT2D eigenvalue weighted by atomic mass is 19.4. The smallest absolute Gasteiger partial charge is 0.337 e. The summed E-state index contributed by atoms with van der Waals surface area (Å²) in [5.74, 6) is 0. The van der Waals surface area contributed by atoms with Crippen LogP contribution in [0, 0.1) is 0 Å². The third kappa shape index (κ3) is 2.42.